The normalized spacial score (nSPS) is 12.3. The topological polar surface area (TPSA) is 72.8 Å². The molecule has 0 amide bonds. The van der Waals surface area contributed by atoms with Crippen LogP contribution in [-0.2, 0) is 19.1 Å². The Morgan fingerprint density at radius 3 is 1.20 bits per heavy atom. The number of carbonyl (C=O) groups excluding carboxylic acids is 2. The molecule has 300 valence electrons. The molecule has 1 N–H and O–H groups in total. The van der Waals surface area contributed by atoms with E-state index in [0.29, 0.717) is 12.8 Å². The van der Waals surface area contributed by atoms with E-state index in [9.17, 15) is 14.7 Å². The van der Waals surface area contributed by atoms with E-state index >= 15 is 0 Å². The fourth-order valence-corrected chi connectivity index (χ4v) is 6.59. The average Bonchev–Trinajstić information content (AvgIpc) is 3.13. The number of hydrogen-bond donors (Lipinski definition) is 1. The molecule has 0 spiro atoms. The number of esters is 2. The first-order chi connectivity index (χ1) is 25.1. The van der Waals surface area contributed by atoms with Crippen molar-refractivity contribution >= 4 is 11.9 Å². The van der Waals surface area contributed by atoms with E-state index in [2.05, 4.69) is 38.2 Å². The smallest absolute Gasteiger partial charge is 0.306 e. The van der Waals surface area contributed by atoms with Gasteiger partial charge in [0.25, 0.3) is 0 Å². The molecule has 51 heavy (non-hydrogen) atoms. The highest BCUT2D eigenvalue weighted by Gasteiger charge is 2.16. The molecule has 5 nitrogen and oxygen atoms in total. The van der Waals surface area contributed by atoms with Crippen LogP contribution < -0.4 is 0 Å². The maximum Gasteiger partial charge on any atom is 0.306 e. The summed E-state index contributed by atoms with van der Waals surface area (Å²) in [6.07, 6.45) is 51.1. The summed E-state index contributed by atoms with van der Waals surface area (Å²) >= 11 is 0. The molecule has 0 aliphatic rings. The Morgan fingerprint density at radius 2 is 0.784 bits per heavy atom. The number of rotatable bonds is 41. The lowest BCUT2D eigenvalue weighted by atomic mass is 10.0. The molecular formula is C46H86O5. The molecule has 0 radical (unpaired) electrons. The summed E-state index contributed by atoms with van der Waals surface area (Å²) in [5.74, 6) is -0.596. The van der Waals surface area contributed by atoms with Gasteiger partial charge in [-0.1, -0.05) is 205 Å². The van der Waals surface area contributed by atoms with E-state index in [-0.39, 0.29) is 25.2 Å². The molecule has 0 fully saturated rings. The van der Waals surface area contributed by atoms with Crippen LogP contribution in [0.3, 0.4) is 0 Å². The van der Waals surface area contributed by atoms with Gasteiger partial charge in [-0.3, -0.25) is 9.59 Å². The van der Waals surface area contributed by atoms with Crippen LogP contribution >= 0.6 is 0 Å². The van der Waals surface area contributed by atoms with Crippen LogP contribution in [0.5, 0.6) is 0 Å². The summed E-state index contributed by atoms with van der Waals surface area (Å²) in [5, 5.41) is 9.58. The van der Waals surface area contributed by atoms with Gasteiger partial charge in [-0.15, -0.1) is 0 Å². The largest absolute Gasteiger partial charge is 0.462 e. The van der Waals surface area contributed by atoms with Gasteiger partial charge in [0.2, 0.25) is 0 Å². The molecule has 0 aromatic rings. The van der Waals surface area contributed by atoms with Gasteiger partial charge in [-0.25, -0.2) is 0 Å². The van der Waals surface area contributed by atoms with Crippen molar-refractivity contribution in [1.82, 2.24) is 0 Å². The van der Waals surface area contributed by atoms with Crippen LogP contribution in [0.4, 0.5) is 0 Å². The summed E-state index contributed by atoms with van der Waals surface area (Å²) in [6, 6.07) is 0. The third-order valence-electron chi connectivity index (χ3n) is 10.00. The summed E-state index contributed by atoms with van der Waals surface area (Å²) in [7, 11) is 0. The molecule has 0 bridgehead atoms. The summed E-state index contributed by atoms with van der Waals surface area (Å²) in [5.41, 5.74) is 0. The highest BCUT2D eigenvalue weighted by atomic mass is 16.6. The molecule has 0 rings (SSSR count). The quantitative estimate of drug-likeness (QED) is 0.0387. The second kappa shape index (κ2) is 42.8. The van der Waals surface area contributed by atoms with Gasteiger partial charge in [-0.2, -0.15) is 0 Å². The second-order valence-corrected chi connectivity index (χ2v) is 15.1. The van der Waals surface area contributed by atoms with Crippen LogP contribution in [0.2, 0.25) is 0 Å². The third kappa shape index (κ3) is 41.0. The Labute approximate surface area is 317 Å². The minimum Gasteiger partial charge on any atom is -0.462 e. The summed E-state index contributed by atoms with van der Waals surface area (Å²) in [6.45, 7) is 4.13. The average molecular weight is 719 g/mol. The predicted molar refractivity (Wildman–Crippen MR) is 219 cm³/mol. The number of aliphatic hydroxyl groups is 1. The zero-order valence-corrected chi connectivity index (χ0v) is 34.1. The van der Waals surface area contributed by atoms with Gasteiger partial charge in [0, 0.05) is 12.8 Å². The molecule has 0 aromatic heterocycles. The number of carbonyl (C=O) groups is 2. The molecule has 0 aliphatic carbocycles. The number of ether oxygens (including phenoxy) is 2. The monoisotopic (exact) mass is 719 g/mol. The lowest BCUT2D eigenvalue weighted by Crippen LogP contribution is -2.28. The Balaban J connectivity index is 3.48. The van der Waals surface area contributed by atoms with Crippen LogP contribution in [-0.4, -0.2) is 36.4 Å². The number of allylic oxidation sites excluding steroid dienone is 4. The SMILES string of the molecule is CCCCC/C=C/C/C=C/CCCCCCCC(=O)O[C@@H](CO)COC(=O)CCCCCCCCCCCCCCCCCCCCCCCC. The fourth-order valence-electron chi connectivity index (χ4n) is 6.59. The van der Waals surface area contributed by atoms with Crippen LogP contribution in [0.1, 0.15) is 239 Å². The number of hydrogen-bond acceptors (Lipinski definition) is 5. The Morgan fingerprint density at radius 1 is 0.451 bits per heavy atom. The highest BCUT2D eigenvalue weighted by Crippen LogP contribution is 2.16. The van der Waals surface area contributed by atoms with E-state index in [1.807, 2.05) is 0 Å². The maximum absolute atomic E-state index is 12.2. The van der Waals surface area contributed by atoms with Crippen molar-refractivity contribution < 1.29 is 24.2 Å². The second-order valence-electron chi connectivity index (χ2n) is 15.1. The molecular weight excluding hydrogens is 633 g/mol. The molecule has 1 atom stereocenters. The van der Waals surface area contributed by atoms with Crippen molar-refractivity contribution in [2.45, 2.75) is 245 Å². The van der Waals surface area contributed by atoms with E-state index in [4.69, 9.17) is 9.47 Å². The highest BCUT2D eigenvalue weighted by molar-refractivity contribution is 5.70. The summed E-state index contributed by atoms with van der Waals surface area (Å²) in [4.78, 5) is 24.3. The van der Waals surface area contributed by atoms with E-state index < -0.39 is 6.10 Å². The van der Waals surface area contributed by atoms with Gasteiger partial charge in [0.1, 0.15) is 6.61 Å². The Kier molecular flexibility index (Phi) is 41.4. The van der Waals surface area contributed by atoms with Crippen molar-refractivity contribution in [3.63, 3.8) is 0 Å². The van der Waals surface area contributed by atoms with Crippen molar-refractivity contribution in [1.29, 1.82) is 0 Å². The predicted octanol–water partition coefficient (Wildman–Crippen LogP) is 14.2. The van der Waals surface area contributed by atoms with Crippen LogP contribution in [0, 0.1) is 0 Å². The number of unbranched alkanes of at least 4 members (excludes halogenated alkanes) is 29. The third-order valence-corrected chi connectivity index (χ3v) is 10.00. The van der Waals surface area contributed by atoms with E-state index in [0.717, 1.165) is 51.4 Å². The first-order valence-corrected chi connectivity index (χ1v) is 22.4. The molecule has 0 heterocycles. The molecule has 5 heteroatoms. The van der Waals surface area contributed by atoms with E-state index in [1.165, 1.54) is 161 Å². The van der Waals surface area contributed by atoms with Crippen molar-refractivity contribution in [2.75, 3.05) is 13.2 Å². The van der Waals surface area contributed by atoms with E-state index in [1.54, 1.807) is 0 Å². The molecule has 0 saturated heterocycles. The molecule has 0 unspecified atom stereocenters. The Hall–Kier alpha value is -1.62. The van der Waals surface area contributed by atoms with Crippen LogP contribution in [0.25, 0.3) is 0 Å². The first kappa shape index (κ1) is 49.4. The standard InChI is InChI=1S/C46H86O5/c1-3-5-7-9-11-13-15-17-19-20-21-22-23-24-25-27-28-30-32-34-36-38-40-45(48)50-43-44(42-47)51-46(49)41-39-37-35-33-31-29-26-18-16-14-12-10-8-6-4-2/h12,14,18,26,44,47H,3-11,13,15-17,19-25,27-43H2,1-2H3/b14-12+,26-18+/t44-/m0/s1. The first-order valence-electron chi connectivity index (χ1n) is 22.4. The van der Waals surface area contributed by atoms with Gasteiger partial charge < -0.3 is 14.6 Å². The zero-order chi connectivity index (χ0) is 37.1. The lowest BCUT2D eigenvalue weighted by molar-refractivity contribution is -0.161. The van der Waals surface area contributed by atoms with Gasteiger partial charge in [0.15, 0.2) is 6.10 Å². The van der Waals surface area contributed by atoms with Crippen molar-refractivity contribution in [3.05, 3.63) is 24.3 Å². The van der Waals surface area contributed by atoms with Gasteiger partial charge >= 0.3 is 11.9 Å². The molecule has 0 aliphatic heterocycles. The maximum atomic E-state index is 12.2. The fraction of sp³-hybridized carbons (Fsp3) is 0.870. The molecule has 0 aromatic carbocycles. The van der Waals surface area contributed by atoms with Crippen molar-refractivity contribution in [3.8, 4) is 0 Å². The zero-order valence-electron chi connectivity index (χ0n) is 34.1. The molecule has 0 saturated carbocycles. The lowest BCUT2D eigenvalue weighted by Gasteiger charge is -2.15. The summed E-state index contributed by atoms with van der Waals surface area (Å²) < 4.78 is 10.6. The van der Waals surface area contributed by atoms with Crippen LogP contribution in [0.15, 0.2) is 24.3 Å². The van der Waals surface area contributed by atoms with Gasteiger partial charge in [0.05, 0.1) is 6.61 Å². The van der Waals surface area contributed by atoms with Crippen molar-refractivity contribution in [2.24, 2.45) is 0 Å². The van der Waals surface area contributed by atoms with Gasteiger partial charge in [-0.05, 0) is 44.9 Å². The number of aliphatic hydroxyl groups excluding tert-OH is 1. The minimum absolute atomic E-state index is 0.0669. The minimum atomic E-state index is -0.774. The Bertz CT molecular complexity index is 776.